The number of carbonyl (C=O) groups excluding carboxylic acids is 2. The molecule has 0 atom stereocenters. The van der Waals surface area contributed by atoms with Gasteiger partial charge in [0.05, 0.1) is 5.54 Å². The number of likely N-dealkylation sites (N-methyl/N-ethyl adjacent to an activating group) is 1. The number of hydrogen-bond donors (Lipinski definition) is 4. The summed E-state index contributed by atoms with van der Waals surface area (Å²) in [5.74, 6) is 0.407. The van der Waals surface area contributed by atoms with Crippen molar-refractivity contribution in [2.75, 3.05) is 26.2 Å². The van der Waals surface area contributed by atoms with E-state index in [1.165, 1.54) is 0 Å². The highest BCUT2D eigenvalue weighted by atomic mass is 16.6. The van der Waals surface area contributed by atoms with Gasteiger partial charge in [-0.1, -0.05) is 13.8 Å². The molecular formula is C18H37N5O3. The lowest BCUT2D eigenvalue weighted by atomic mass is 9.93. The fourth-order valence-electron chi connectivity index (χ4n) is 2.24. The van der Waals surface area contributed by atoms with E-state index in [1.54, 1.807) is 0 Å². The van der Waals surface area contributed by atoms with Crippen LogP contribution in [0.2, 0.25) is 0 Å². The van der Waals surface area contributed by atoms with Gasteiger partial charge >= 0.3 is 6.09 Å². The number of ether oxygens (including phenoxy) is 1. The first-order valence-corrected chi connectivity index (χ1v) is 9.41. The molecular weight excluding hydrogens is 334 g/mol. The van der Waals surface area contributed by atoms with Crippen LogP contribution in [0.1, 0.15) is 61.3 Å². The molecule has 0 aromatic rings. The Labute approximate surface area is 157 Å². The lowest BCUT2D eigenvalue weighted by Crippen LogP contribution is -2.57. The summed E-state index contributed by atoms with van der Waals surface area (Å²) < 4.78 is 5.38. The second-order valence-electron chi connectivity index (χ2n) is 7.12. The molecule has 8 heteroatoms. The summed E-state index contributed by atoms with van der Waals surface area (Å²) >= 11 is 0. The highest BCUT2D eigenvalue weighted by Crippen LogP contribution is 2.16. The standard InChI is InChI=1S/C18H37N5O3/c1-8-18(9-2,23-16(25)26-17(5,6)7)13-22-15(20-11-4)21-12-14(24)19-10-3/h8-13H2,1-7H3,(H,19,24)(H,23,25)(H2,20,21,22). The van der Waals surface area contributed by atoms with Gasteiger partial charge in [-0.2, -0.15) is 0 Å². The molecule has 0 fully saturated rings. The lowest BCUT2D eigenvalue weighted by molar-refractivity contribution is -0.119. The van der Waals surface area contributed by atoms with Crippen LogP contribution in [0.3, 0.4) is 0 Å². The molecule has 0 aliphatic carbocycles. The normalized spacial score (nSPS) is 12.3. The molecule has 0 saturated heterocycles. The predicted molar refractivity (Wildman–Crippen MR) is 105 cm³/mol. The van der Waals surface area contributed by atoms with E-state index in [1.807, 2.05) is 48.5 Å². The second kappa shape index (κ2) is 11.6. The number of nitrogens with one attached hydrogen (secondary N) is 4. The zero-order valence-electron chi connectivity index (χ0n) is 17.4. The van der Waals surface area contributed by atoms with Crippen molar-refractivity contribution in [3.63, 3.8) is 0 Å². The lowest BCUT2D eigenvalue weighted by Gasteiger charge is -2.34. The summed E-state index contributed by atoms with van der Waals surface area (Å²) in [7, 11) is 0. The molecule has 0 rings (SSSR count). The summed E-state index contributed by atoms with van der Waals surface area (Å²) in [6.07, 6.45) is 1.02. The fourth-order valence-corrected chi connectivity index (χ4v) is 2.24. The molecule has 0 aliphatic heterocycles. The van der Waals surface area contributed by atoms with Gasteiger partial charge in [0, 0.05) is 19.6 Å². The predicted octanol–water partition coefficient (Wildman–Crippen LogP) is 1.76. The van der Waals surface area contributed by atoms with E-state index in [4.69, 9.17) is 4.74 Å². The highest BCUT2D eigenvalue weighted by Gasteiger charge is 2.30. The minimum absolute atomic E-state index is 0.0495. The van der Waals surface area contributed by atoms with Crippen molar-refractivity contribution >= 4 is 18.0 Å². The van der Waals surface area contributed by atoms with Crippen LogP contribution >= 0.6 is 0 Å². The third kappa shape index (κ3) is 10.1. The van der Waals surface area contributed by atoms with Gasteiger partial charge < -0.3 is 26.0 Å². The molecule has 0 spiro atoms. The summed E-state index contributed by atoms with van der Waals surface area (Å²) in [6.45, 7) is 15.1. The van der Waals surface area contributed by atoms with Crippen LogP contribution in [0.5, 0.6) is 0 Å². The maximum absolute atomic E-state index is 12.2. The van der Waals surface area contributed by atoms with Crippen LogP contribution in [-0.2, 0) is 9.53 Å². The first kappa shape index (κ1) is 24.0. The molecule has 0 aromatic heterocycles. The van der Waals surface area contributed by atoms with Gasteiger partial charge in [-0.25, -0.2) is 9.79 Å². The van der Waals surface area contributed by atoms with Crippen LogP contribution in [0, 0.1) is 0 Å². The number of alkyl carbamates (subject to hydrolysis) is 1. The Hall–Kier alpha value is -1.99. The summed E-state index contributed by atoms with van der Waals surface area (Å²) in [5.41, 5.74) is -1.02. The van der Waals surface area contributed by atoms with Crippen molar-refractivity contribution in [1.29, 1.82) is 0 Å². The summed E-state index contributed by atoms with van der Waals surface area (Å²) in [6, 6.07) is 0. The Kier molecular flexibility index (Phi) is 10.7. The van der Waals surface area contributed by atoms with Gasteiger partial charge in [0.2, 0.25) is 5.91 Å². The van der Waals surface area contributed by atoms with E-state index >= 15 is 0 Å². The van der Waals surface area contributed by atoms with Crippen molar-refractivity contribution in [2.24, 2.45) is 4.99 Å². The Balaban J connectivity index is 4.95. The molecule has 26 heavy (non-hydrogen) atoms. The summed E-state index contributed by atoms with van der Waals surface area (Å²) in [5, 5.41) is 12.0. The van der Waals surface area contributed by atoms with Gasteiger partial charge in [0.25, 0.3) is 0 Å². The van der Waals surface area contributed by atoms with E-state index in [9.17, 15) is 9.59 Å². The Morgan fingerprint density at radius 1 is 0.923 bits per heavy atom. The average molecular weight is 372 g/mol. The van der Waals surface area contributed by atoms with Crippen molar-refractivity contribution in [3.8, 4) is 0 Å². The van der Waals surface area contributed by atoms with Crippen molar-refractivity contribution in [3.05, 3.63) is 0 Å². The molecule has 152 valence electrons. The van der Waals surface area contributed by atoms with Gasteiger partial charge in [-0.15, -0.1) is 0 Å². The number of carbonyl (C=O) groups is 2. The molecule has 0 radical (unpaired) electrons. The maximum Gasteiger partial charge on any atom is 0.408 e. The minimum Gasteiger partial charge on any atom is -0.444 e. The molecule has 2 amide bonds. The maximum atomic E-state index is 12.2. The number of rotatable bonds is 9. The van der Waals surface area contributed by atoms with Crippen LogP contribution in [-0.4, -0.2) is 55.3 Å². The summed E-state index contributed by atoms with van der Waals surface area (Å²) in [4.78, 5) is 28.1. The smallest absolute Gasteiger partial charge is 0.408 e. The largest absolute Gasteiger partial charge is 0.444 e. The Morgan fingerprint density at radius 2 is 1.50 bits per heavy atom. The molecule has 8 nitrogen and oxygen atoms in total. The van der Waals surface area contributed by atoms with Gasteiger partial charge in [-0.3, -0.25) is 4.79 Å². The van der Waals surface area contributed by atoms with E-state index in [0.29, 0.717) is 25.6 Å². The molecule has 0 aliphatic rings. The minimum atomic E-state index is -0.548. The zero-order chi connectivity index (χ0) is 20.2. The molecule has 0 aromatic carbocycles. The van der Waals surface area contributed by atoms with Gasteiger partial charge in [0.1, 0.15) is 12.1 Å². The first-order chi connectivity index (χ1) is 12.1. The third-order valence-corrected chi connectivity index (χ3v) is 3.81. The number of aliphatic imine (C=N–C) groups is 1. The Morgan fingerprint density at radius 3 is 1.96 bits per heavy atom. The first-order valence-electron chi connectivity index (χ1n) is 9.41. The second-order valence-corrected chi connectivity index (χ2v) is 7.12. The zero-order valence-corrected chi connectivity index (χ0v) is 17.4. The van der Waals surface area contributed by atoms with Gasteiger partial charge in [-0.05, 0) is 47.5 Å². The van der Waals surface area contributed by atoms with Crippen LogP contribution in [0.4, 0.5) is 4.79 Å². The van der Waals surface area contributed by atoms with Crippen LogP contribution < -0.4 is 21.3 Å². The van der Waals surface area contributed by atoms with Crippen molar-refractivity contribution in [2.45, 2.75) is 72.4 Å². The molecule has 0 saturated carbocycles. The Bertz CT molecular complexity index is 468. The quantitative estimate of drug-likeness (QED) is 0.365. The fraction of sp³-hybridized carbons (Fsp3) is 0.833. The van der Waals surface area contributed by atoms with Crippen LogP contribution in [0.25, 0.3) is 0 Å². The average Bonchev–Trinajstić information content (AvgIpc) is 2.54. The van der Waals surface area contributed by atoms with Gasteiger partial charge in [0.15, 0.2) is 5.96 Å². The van der Waals surface area contributed by atoms with E-state index in [2.05, 4.69) is 26.3 Å². The highest BCUT2D eigenvalue weighted by molar-refractivity contribution is 5.85. The topological polar surface area (TPSA) is 104 Å². The van der Waals surface area contributed by atoms with E-state index in [0.717, 1.165) is 12.8 Å². The molecule has 0 unspecified atom stereocenters. The van der Waals surface area contributed by atoms with Crippen molar-refractivity contribution in [1.82, 2.24) is 21.3 Å². The third-order valence-electron chi connectivity index (χ3n) is 3.81. The number of guanidine groups is 1. The van der Waals surface area contributed by atoms with E-state index in [-0.39, 0.29) is 12.5 Å². The molecule has 4 N–H and O–H groups in total. The monoisotopic (exact) mass is 371 g/mol. The SMILES string of the molecule is CCNC(=O)CN=C(NCC)NCC(CC)(CC)NC(=O)OC(C)(C)C. The van der Waals surface area contributed by atoms with E-state index < -0.39 is 17.2 Å². The molecule has 0 bridgehead atoms. The number of amides is 2. The van der Waals surface area contributed by atoms with Crippen molar-refractivity contribution < 1.29 is 14.3 Å². The number of hydrogen-bond acceptors (Lipinski definition) is 4. The van der Waals surface area contributed by atoms with Crippen LogP contribution in [0.15, 0.2) is 4.99 Å². The molecule has 0 heterocycles. The number of nitrogens with zero attached hydrogens (tertiary/aromatic N) is 1.